The number of aryl methyl sites for hydroxylation is 3. The van der Waals surface area contributed by atoms with Crippen molar-refractivity contribution >= 4 is 0 Å². The second kappa shape index (κ2) is 4.03. The van der Waals surface area contributed by atoms with Crippen molar-refractivity contribution in [2.75, 3.05) is 0 Å². The quantitative estimate of drug-likeness (QED) is 0.491. The summed E-state index contributed by atoms with van der Waals surface area (Å²) in [6.45, 7) is 6.93. The Morgan fingerprint density at radius 2 is 1.48 bits per heavy atom. The summed E-state index contributed by atoms with van der Waals surface area (Å²) in [4.78, 5) is 0. The van der Waals surface area contributed by atoms with Crippen molar-refractivity contribution in [2.45, 2.75) is 46.0 Å². The van der Waals surface area contributed by atoms with Crippen LogP contribution in [0.2, 0.25) is 0 Å². The number of allylic oxidation sites excluding steroid dienone is 2. The SMILES string of the molecule is Cc1cc(C)c(C2CC3CC2C2C4C=CC(C4)C32)c(C)c1. The molecule has 3 saturated carbocycles. The van der Waals surface area contributed by atoms with E-state index in [-0.39, 0.29) is 0 Å². The average molecular weight is 278 g/mol. The molecule has 4 aliphatic rings. The Morgan fingerprint density at radius 1 is 0.810 bits per heavy atom. The van der Waals surface area contributed by atoms with Crippen LogP contribution in [0.15, 0.2) is 24.3 Å². The minimum atomic E-state index is 0.865. The normalized spacial score (nSPS) is 45.6. The van der Waals surface area contributed by atoms with Gasteiger partial charge in [-0.25, -0.2) is 0 Å². The molecule has 0 spiro atoms. The van der Waals surface area contributed by atoms with Crippen molar-refractivity contribution in [3.8, 4) is 0 Å². The Kier molecular flexibility index (Phi) is 2.40. The van der Waals surface area contributed by atoms with Crippen LogP contribution >= 0.6 is 0 Å². The average Bonchev–Trinajstić information content (AvgIpc) is 3.16. The van der Waals surface area contributed by atoms with E-state index < -0.39 is 0 Å². The monoisotopic (exact) mass is 278 g/mol. The van der Waals surface area contributed by atoms with Crippen LogP contribution in [0.5, 0.6) is 0 Å². The van der Waals surface area contributed by atoms with Gasteiger partial charge in [0.15, 0.2) is 0 Å². The zero-order valence-electron chi connectivity index (χ0n) is 13.5. The summed E-state index contributed by atoms with van der Waals surface area (Å²) < 4.78 is 0. The number of benzene rings is 1. The van der Waals surface area contributed by atoms with E-state index in [1.54, 1.807) is 16.7 Å². The van der Waals surface area contributed by atoms with Gasteiger partial charge in [-0.3, -0.25) is 0 Å². The molecular weight excluding hydrogens is 252 g/mol. The molecule has 0 aromatic heterocycles. The highest BCUT2D eigenvalue weighted by atomic mass is 14.7. The van der Waals surface area contributed by atoms with Crippen molar-refractivity contribution < 1.29 is 0 Å². The van der Waals surface area contributed by atoms with Gasteiger partial charge in [0.25, 0.3) is 0 Å². The highest BCUT2D eigenvalue weighted by Crippen LogP contribution is 2.69. The lowest BCUT2D eigenvalue weighted by Crippen LogP contribution is -2.30. The third-order valence-electron chi connectivity index (χ3n) is 7.38. The smallest absolute Gasteiger partial charge is 0.0123 e. The summed E-state index contributed by atoms with van der Waals surface area (Å²) in [6.07, 6.45) is 9.62. The topological polar surface area (TPSA) is 0 Å². The molecule has 0 amide bonds. The summed E-state index contributed by atoms with van der Waals surface area (Å²) in [7, 11) is 0. The molecule has 0 radical (unpaired) electrons. The van der Waals surface area contributed by atoms with Crippen LogP contribution in [0.25, 0.3) is 0 Å². The van der Waals surface area contributed by atoms with Crippen LogP contribution < -0.4 is 0 Å². The van der Waals surface area contributed by atoms with E-state index in [0.29, 0.717) is 0 Å². The van der Waals surface area contributed by atoms with Gasteiger partial charge in [0, 0.05) is 0 Å². The Bertz CT molecular complexity index is 614. The first-order valence-electron chi connectivity index (χ1n) is 8.89. The van der Waals surface area contributed by atoms with Crippen molar-refractivity contribution in [2.24, 2.45) is 35.5 Å². The van der Waals surface area contributed by atoms with Crippen LogP contribution in [0, 0.1) is 56.3 Å². The molecule has 21 heavy (non-hydrogen) atoms. The number of fused-ring (bicyclic) bond motifs is 9. The van der Waals surface area contributed by atoms with Gasteiger partial charge in [-0.1, -0.05) is 29.8 Å². The maximum Gasteiger partial charge on any atom is -0.0123 e. The molecule has 0 N–H and O–H groups in total. The van der Waals surface area contributed by atoms with E-state index in [1.807, 2.05) is 0 Å². The third kappa shape index (κ3) is 1.52. The molecular formula is C21H26. The number of hydrogen-bond donors (Lipinski definition) is 0. The predicted molar refractivity (Wildman–Crippen MR) is 87.3 cm³/mol. The standard InChI is InChI=1S/C21H26/c1-11-6-12(2)19(13(3)7-11)17-9-16-10-18(17)21-15-5-4-14(8-15)20(16)21/h4-7,14-18,20-21H,8-10H2,1-3H3. The Morgan fingerprint density at radius 3 is 2.19 bits per heavy atom. The van der Waals surface area contributed by atoms with E-state index in [1.165, 1.54) is 24.8 Å². The molecule has 0 heteroatoms. The molecule has 7 atom stereocenters. The molecule has 0 aliphatic heterocycles. The molecule has 4 bridgehead atoms. The summed E-state index contributed by atoms with van der Waals surface area (Å²) in [5, 5.41) is 0. The molecule has 5 rings (SSSR count). The third-order valence-corrected chi connectivity index (χ3v) is 7.38. The Hall–Kier alpha value is -1.04. The lowest BCUT2D eigenvalue weighted by Gasteiger charge is -2.38. The van der Waals surface area contributed by atoms with Crippen molar-refractivity contribution in [1.82, 2.24) is 0 Å². The molecule has 0 nitrogen and oxygen atoms in total. The summed E-state index contributed by atoms with van der Waals surface area (Å²) in [6, 6.07) is 4.82. The molecule has 110 valence electrons. The summed E-state index contributed by atoms with van der Waals surface area (Å²) in [5.74, 6) is 6.87. The van der Waals surface area contributed by atoms with Gasteiger partial charge in [-0.05, 0) is 98.1 Å². The van der Waals surface area contributed by atoms with Crippen molar-refractivity contribution in [3.63, 3.8) is 0 Å². The molecule has 7 unspecified atom stereocenters. The fraction of sp³-hybridized carbons (Fsp3) is 0.619. The van der Waals surface area contributed by atoms with Crippen molar-refractivity contribution in [1.29, 1.82) is 0 Å². The lowest BCUT2D eigenvalue weighted by molar-refractivity contribution is 0.184. The van der Waals surface area contributed by atoms with Gasteiger partial charge in [-0.2, -0.15) is 0 Å². The Labute approximate surface area is 128 Å². The summed E-state index contributed by atoms with van der Waals surface area (Å²) >= 11 is 0. The van der Waals surface area contributed by atoms with Crippen LogP contribution in [0.3, 0.4) is 0 Å². The van der Waals surface area contributed by atoms with E-state index in [0.717, 1.165) is 41.4 Å². The van der Waals surface area contributed by atoms with Gasteiger partial charge in [0.2, 0.25) is 0 Å². The van der Waals surface area contributed by atoms with E-state index in [2.05, 4.69) is 45.1 Å². The zero-order valence-corrected chi connectivity index (χ0v) is 13.5. The highest BCUT2D eigenvalue weighted by molar-refractivity contribution is 5.42. The van der Waals surface area contributed by atoms with Crippen LogP contribution in [-0.4, -0.2) is 0 Å². The van der Waals surface area contributed by atoms with Crippen LogP contribution in [0.1, 0.15) is 47.4 Å². The number of rotatable bonds is 1. The second-order valence-corrected chi connectivity index (χ2v) is 8.42. The van der Waals surface area contributed by atoms with Gasteiger partial charge >= 0.3 is 0 Å². The van der Waals surface area contributed by atoms with Gasteiger partial charge < -0.3 is 0 Å². The first-order valence-corrected chi connectivity index (χ1v) is 8.89. The van der Waals surface area contributed by atoms with Gasteiger partial charge in [-0.15, -0.1) is 0 Å². The second-order valence-electron chi connectivity index (χ2n) is 8.42. The fourth-order valence-electron chi connectivity index (χ4n) is 7.12. The largest absolute Gasteiger partial charge is 0.0848 e. The first kappa shape index (κ1) is 12.5. The predicted octanol–water partition coefficient (Wildman–Crippen LogP) is 5.17. The molecule has 0 heterocycles. The van der Waals surface area contributed by atoms with E-state index in [9.17, 15) is 0 Å². The maximum absolute atomic E-state index is 2.57. The highest BCUT2D eigenvalue weighted by Gasteiger charge is 2.61. The first-order chi connectivity index (χ1) is 10.1. The van der Waals surface area contributed by atoms with Crippen LogP contribution in [-0.2, 0) is 0 Å². The maximum atomic E-state index is 2.57. The molecule has 0 saturated heterocycles. The van der Waals surface area contributed by atoms with Gasteiger partial charge in [0.05, 0.1) is 0 Å². The lowest BCUT2D eigenvalue weighted by atomic mass is 9.67. The summed E-state index contributed by atoms with van der Waals surface area (Å²) in [5.41, 5.74) is 6.26. The fourth-order valence-corrected chi connectivity index (χ4v) is 7.12. The van der Waals surface area contributed by atoms with E-state index in [4.69, 9.17) is 0 Å². The molecule has 3 fully saturated rings. The van der Waals surface area contributed by atoms with Crippen molar-refractivity contribution in [3.05, 3.63) is 46.5 Å². The van der Waals surface area contributed by atoms with Crippen LogP contribution in [0.4, 0.5) is 0 Å². The zero-order chi connectivity index (χ0) is 14.3. The van der Waals surface area contributed by atoms with E-state index >= 15 is 0 Å². The molecule has 1 aromatic rings. The number of hydrogen-bond acceptors (Lipinski definition) is 0. The Balaban J connectivity index is 1.55. The minimum absolute atomic E-state index is 0.865. The molecule has 1 aromatic carbocycles. The molecule has 4 aliphatic carbocycles. The minimum Gasteiger partial charge on any atom is -0.0848 e. The van der Waals surface area contributed by atoms with Gasteiger partial charge in [0.1, 0.15) is 0 Å².